The molecule has 1 rings (SSSR count). The Labute approximate surface area is 158 Å². The second-order valence-electron chi connectivity index (χ2n) is 7.70. The smallest absolute Gasteiger partial charge is 0.410 e. The van der Waals surface area contributed by atoms with Crippen molar-refractivity contribution in [3.8, 4) is 0 Å². The molecule has 1 aromatic heterocycles. The Kier molecular flexibility index (Phi) is 7.84. The van der Waals surface area contributed by atoms with Gasteiger partial charge in [-0.1, -0.05) is 19.9 Å². The Hall–Kier alpha value is -1.18. The summed E-state index contributed by atoms with van der Waals surface area (Å²) in [6.45, 7) is 10.4. The Morgan fingerprint density at radius 2 is 1.96 bits per heavy atom. The molecule has 0 aliphatic heterocycles. The summed E-state index contributed by atoms with van der Waals surface area (Å²) in [5, 5.41) is 10.8. The fourth-order valence-electron chi connectivity index (χ4n) is 2.34. The number of nitrogens with zero attached hydrogens (tertiary/aromatic N) is 2. The fourth-order valence-corrected chi connectivity index (χ4v) is 2.58. The number of aromatic nitrogens is 1. The maximum atomic E-state index is 12.5. The second-order valence-corrected chi connectivity index (χ2v) is 8.51. The van der Waals surface area contributed by atoms with Gasteiger partial charge in [0.15, 0.2) is 0 Å². The number of rotatable bonds is 7. The molecule has 1 unspecified atom stereocenters. The molecule has 1 amide bonds. The summed E-state index contributed by atoms with van der Waals surface area (Å²) < 4.78 is 11.3. The third kappa shape index (κ3) is 7.30. The maximum absolute atomic E-state index is 12.5. The Morgan fingerprint density at radius 3 is 2.44 bits per heavy atom. The zero-order chi connectivity index (χ0) is 19.3. The summed E-state index contributed by atoms with van der Waals surface area (Å²) in [7, 11) is 1.58. The molecule has 0 saturated carbocycles. The number of aliphatic hydroxyl groups excluding tert-OH is 1. The molecule has 0 aliphatic rings. The van der Waals surface area contributed by atoms with Gasteiger partial charge in [0.2, 0.25) is 0 Å². The largest absolute Gasteiger partial charge is 0.444 e. The molecule has 0 aromatic carbocycles. The normalized spacial score (nSPS) is 13.4. The summed E-state index contributed by atoms with van der Waals surface area (Å²) >= 11 is 3.28. The summed E-state index contributed by atoms with van der Waals surface area (Å²) in [4.78, 5) is 18.2. The van der Waals surface area contributed by atoms with Gasteiger partial charge in [0.25, 0.3) is 0 Å². The predicted molar refractivity (Wildman–Crippen MR) is 100 cm³/mol. The molecular weight excluding hydrogens is 388 g/mol. The van der Waals surface area contributed by atoms with Crippen molar-refractivity contribution < 1.29 is 19.4 Å². The monoisotopic (exact) mass is 416 g/mol. The fraction of sp³-hybridized carbons (Fsp3) is 0.667. The lowest BCUT2D eigenvalue weighted by Crippen LogP contribution is -2.45. The lowest BCUT2D eigenvalue weighted by Gasteiger charge is -2.36. The van der Waals surface area contributed by atoms with E-state index < -0.39 is 23.2 Å². The summed E-state index contributed by atoms with van der Waals surface area (Å²) in [5.74, 6) is 0. The van der Waals surface area contributed by atoms with Gasteiger partial charge >= 0.3 is 6.09 Å². The van der Waals surface area contributed by atoms with Crippen molar-refractivity contribution in [3.05, 3.63) is 28.5 Å². The van der Waals surface area contributed by atoms with E-state index in [0.717, 1.165) is 0 Å². The minimum atomic E-state index is -0.777. The quantitative estimate of drug-likeness (QED) is 0.684. The standard InChI is InChI=1S/C18H29BrN2O4/c1-17(2,3)25-16(23)21(9-10-24-6)12-18(4,5)15(22)13-7-8-14(19)20-11-13/h7-8,11,15,22H,9-10,12H2,1-6H3. The van der Waals surface area contributed by atoms with Crippen LogP contribution in [0.15, 0.2) is 22.9 Å². The van der Waals surface area contributed by atoms with E-state index in [1.54, 1.807) is 24.3 Å². The van der Waals surface area contributed by atoms with Crippen LogP contribution >= 0.6 is 15.9 Å². The van der Waals surface area contributed by atoms with E-state index in [-0.39, 0.29) is 0 Å². The number of halogens is 1. The van der Waals surface area contributed by atoms with Crippen LogP contribution in [0.5, 0.6) is 0 Å². The first-order chi connectivity index (χ1) is 11.5. The molecule has 7 heteroatoms. The molecule has 142 valence electrons. The second kappa shape index (κ2) is 8.96. The van der Waals surface area contributed by atoms with Gasteiger partial charge in [-0.3, -0.25) is 0 Å². The maximum Gasteiger partial charge on any atom is 0.410 e. The summed E-state index contributed by atoms with van der Waals surface area (Å²) in [6, 6.07) is 3.60. The Bertz CT molecular complexity index is 555. The SMILES string of the molecule is COCCN(CC(C)(C)C(O)c1ccc(Br)nc1)C(=O)OC(C)(C)C. The topological polar surface area (TPSA) is 71.9 Å². The van der Waals surface area contributed by atoms with Crippen LogP contribution in [0.2, 0.25) is 0 Å². The lowest BCUT2D eigenvalue weighted by atomic mass is 9.82. The third-order valence-electron chi connectivity index (χ3n) is 3.62. The molecule has 25 heavy (non-hydrogen) atoms. The zero-order valence-electron chi connectivity index (χ0n) is 15.9. The van der Waals surface area contributed by atoms with Gasteiger partial charge in [0.1, 0.15) is 10.2 Å². The average molecular weight is 417 g/mol. The van der Waals surface area contributed by atoms with Crippen LogP contribution in [-0.4, -0.2) is 53.5 Å². The van der Waals surface area contributed by atoms with Crippen LogP contribution in [0, 0.1) is 5.41 Å². The number of hydrogen-bond acceptors (Lipinski definition) is 5. The highest BCUT2D eigenvalue weighted by molar-refractivity contribution is 9.10. The van der Waals surface area contributed by atoms with Crippen LogP contribution in [0.4, 0.5) is 4.79 Å². The summed E-state index contributed by atoms with van der Waals surface area (Å²) in [6.07, 6.45) is 0.433. The van der Waals surface area contributed by atoms with Crippen LogP contribution in [0.25, 0.3) is 0 Å². The van der Waals surface area contributed by atoms with E-state index >= 15 is 0 Å². The molecular formula is C18H29BrN2O4. The Balaban J connectivity index is 2.91. The van der Waals surface area contributed by atoms with Crippen molar-refractivity contribution in [2.75, 3.05) is 26.8 Å². The molecule has 0 bridgehead atoms. The Morgan fingerprint density at radius 1 is 1.32 bits per heavy atom. The van der Waals surface area contributed by atoms with Gasteiger partial charge in [-0.05, 0) is 48.3 Å². The van der Waals surface area contributed by atoms with Gasteiger partial charge in [-0.25, -0.2) is 9.78 Å². The first-order valence-electron chi connectivity index (χ1n) is 8.22. The molecule has 0 radical (unpaired) electrons. The zero-order valence-corrected chi connectivity index (χ0v) is 17.5. The lowest BCUT2D eigenvalue weighted by molar-refractivity contribution is -0.0111. The van der Waals surface area contributed by atoms with Crippen LogP contribution in [-0.2, 0) is 9.47 Å². The van der Waals surface area contributed by atoms with Crippen LogP contribution in [0.1, 0.15) is 46.3 Å². The molecule has 6 nitrogen and oxygen atoms in total. The van der Waals surface area contributed by atoms with Crippen LogP contribution < -0.4 is 0 Å². The van der Waals surface area contributed by atoms with Crippen molar-refractivity contribution in [3.63, 3.8) is 0 Å². The van der Waals surface area contributed by atoms with Crippen molar-refractivity contribution in [2.24, 2.45) is 5.41 Å². The molecule has 1 atom stereocenters. The molecule has 0 aliphatic carbocycles. The minimum absolute atomic E-state index is 0.322. The third-order valence-corrected chi connectivity index (χ3v) is 4.09. The van der Waals surface area contributed by atoms with Gasteiger partial charge in [-0.2, -0.15) is 0 Å². The number of methoxy groups -OCH3 is 1. The number of aliphatic hydroxyl groups is 1. The summed E-state index contributed by atoms with van der Waals surface area (Å²) in [5.41, 5.74) is -0.481. The highest BCUT2D eigenvalue weighted by Gasteiger charge is 2.34. The van der Waals surface area contributed by atoms with Gasteiger partial charge in [0.05, 0.1) is 12.7 Å². The van der Waals surface area contributed by atoms with Gasteiger partial charge < -0.3 is 19.5 Å². The van der Waals surface area contributed by atoms with Crippen molar-refractivity contribution in [2.45, 2.75) is 46.3 Å². The van der Waals surface area contributed by atoms with Crippen molar-refractivity contribution in [1.29, 1.82) is 0 Å². The van der Waals surface area contributed by atoms with Gasteiger partial charge in [0, 0.05) is 31.8 Å². The van der Waals surface area contributed by atoms with Crippen molar-refractivity contribution in [1.82, 2.24) is 9.88 Å². The number of ether oxygens (including phenoxy) is 2. The number of hydrogen-bond donors (Lipinski definition) is 1. The highest BCUT2D eigenvalue weighted by Crippen LogP contribution is 2.34. The van der Waals surface area contributed by atoms with E-state index in [9.17, 15) is 9.90 Å². The van der Waals surface area contributed by atoms with E-state index in [0.29, 0.717) is 29.9 Å². The van der Waals surface area contributed by atoms with Crippen molar-refractivity contribution >= 4 is 22.0 Å². The van der Waals surface area contributed by atoms with E-state index in [4.69, 9.17) is 9.47 Å². The molecule has 0 saturated heterocycles. The molecule has 1 heterocycles. The highest BCUT2D eigenvalue weighted by atomic mass is 79.9. The van der Waals surface area contributed by atoms with E-state index in [1.165, 1.54) is 0 Å². The average Bonchev–Trinajstić information content (AvgIpc) is 2.49. The van der Waals surface area contributed by atoms with Crippen LogP contribution in [0.3, 0.4) is 0 Å². The van der Waals surface area contributed by atoms with Gasteiger partial charge in [-0.15, -0.1) is 0 Å². The number of carbonyl (C=O) groups excluding carboxylic acids is 1. The predicted octanol–water partition coefficient (Wildman–Crippen LogP) is 3.79. The first kappa shape index (κ1) is 21.9. The molecule has 0 spiro atoms. The van der Waals surface area contributed by atoms with E-state index in [2.05, 4.69) is 20.9 Å². The minimum Gasteiger partial charge on any atom is -0.444 e. The molecule has 1 aromatic rings. The first-order valence-corrected chi connectivity index (χ1v) is 9.02. The molecule has 0 fully saturated rings. The number of carbonyl (C=O) groups is 1. The number of amides is 1. The van der Waals surface area contributed by atoms with E-state index in [1.807, 2.05) is 40.7 Å². The molecule has 1 N–H and O–H groups in total. The number of pyridine rings is 1.